The summed E-state index contributed by atoms with van der Waals surface area (Å²) in [5, 5.41) is 28.7. The number of benzene rings is 5. The van der Waals surface area contributed by atoms with Gasteiger partial charge in [-0.05, 0) is 123 Å². The highest BCUT2D eigenvalue weighted by Crippen LogP contribution is 2.44. The van der Waals surface area contributed by atoms with Gasteiger partial charge in [0.1, 0.15) is 28.4 Å². The van der Waals surface area contributed by atoms with Crippen molar-refractivity contribution in [2.75, 3.05) is 72.5 Å². The molecule has 8 N–H and O–H groups in total. The molecule has 0 atom stereocenters. The summed E-state index contributed by atoms with van der Waals surface area (Å²) in [5.41, 5.74) is 3.02. The largest absolute Gasteiger partial charge is 0.508 e. The third-order valence-corrected chi connectivity index (χ3v) is 13.1. The zero-order chi connectivity index (χ0) is 57.6. The van der Waals surface area contributed by atoms with Crippen LogP contribution in [0.4, 0.5) is 4.79 Å². The standard InChI is InChI=1S/C36H34N2O10S2.C18H29N3O7S/c37-50(43,44)28-8-4-24(5-9-28)36(42)38-13-15-46-17-16-45-14-1-2-27(49)18-23-3-10-29(32(19-23)47-22-39)35-30-11-6-25(40)20-33(30)48-34-21-26(41)7-12-31(34)35;1-18(2,3)28-17(23)21-9-11-27-13-12-26-10-8-20-16(22)14-4-6-15(7-5-14)29(19,24)25/h3-12,19-22,40H,1-2,13-18H2,(H,38,42)(H2,37,43,44);4-7H,8-13H2,1-3H3,(H,20,22)(H,21,23)(H2,19,24,25). The molecule has 3 amide bonds. The van der Waals surface area contributed by atoms with Crippen LogP contribution in [0.2, 0.25) is 0 Å². The zero-order valence-corrected chi connectivity index (χ0v) is 46.1. The van der Waals surface area contributed by atoms with Crippen LogP contribution in [0.3, 0.4) is 0 Å². The highest BCUT2D eigenvalue weighted by atomic mass is 32.2. The Hall–Kier alpha value is -7.20. The number of ether oxygens (including phenoxy) is 6. The summed E-state index contributed by atoms with van der Waals surface area (Å²) < 4.78 is 83.2. The number of amides is 3. The molecule has 79 heavy (non-hydrogen) atoms. The van der Waals surface area contributed by atoms with Crippen LogP contribution >= 0.6 is 12.2 Å². The highest BCUT2D eigenvalue weighted by Gasteiger charge is 2.22. The minimum atomic E-state index is -3.82. The number of carbonyl (C=O) groups excluding carboxylic acids is 4. The topological polar surface area (TPSA) is 331 Å². The molecule has 1 aliphatic heterocycles. The van der Waals surface area contributed by atoms with Crippen molar-refractivity contribution in [3.05, 3.63) is 130 Å². The maximum absolute atomic E-state index is 12.2. The Kier molecular flexibility index (Phi) is 24.0. The Morgan fingerprint density at radius 1 is 0.658 bits per heavy atom. The molecule has 424 valence electrons. The summed E-state index contributed by atoms with van der Waals surface area (Å²) in [7, 11) is -7.60. The van der Waals surface area contributed by atoms with Crippen LogP contribution in [0.15, 0.2) is 122 Å². The summed E-state index contributed by atoms with van der Waals surface area (Å²) in [6, 6.07) is 25.3. The maximum atomic E-state index is 12.2. The van der Waals surface area contributed by atoms with Crippen LogP contribution in [-0.2, 0) is 54.9 Å². The third-order valence-electron chi connectivity index (χ3n) is 10.9. The molecule has 25 heteroatoms. The molecule has 0 saturated carbocycles. The van der Waals surface area contributed by atoms with E-state index in [1.807, 2.05) is 12.1 Å². The SMILES string of the molecule is CC(C)(C)OC(=O)NCCOCCOCCNC(=O)c1ccc(S(N)(=O)=O)cc1.NS(=O)(=O)c1ccc(C(=O)NCCOCCOCCCC(=S)Cc2ccc(-c3c4ccc(=O)cc-4oc4cc(O)ccc34)c(OC=O)c2)cc1. The lowest BCUT2D eigenvalue weighted by Crippen LogP contribution is -2.34. The van der Waals surface area contributed by atoms with Crippen molar-refractivity contribution in [3.63, 3.8) is 0 Å². The lowest BCUT2D eigenvalue weighted by atomic mass is 9.92. The van der Waals surface area contributed by atoms with Gasteiger partial charge in [-0.15, -0.1) is 0 Å². The number of carbonyl (C=O) groups is 4. The minimum Gasteiger partial charge on any atom is -0.508 e. The Bertz CT molecular complexity index is 3290. The van der Waals surface area contributed by atoms with Crippen molar-refractivity contribution in [1.82, 2.24) is 16.0 Å². The van der Waals surface area contributed by atoms with Gasteiger partial charge in [-0.1, -0.05) is 24.4 Å². The number of nitrogens with two attached hydrogens (primary N) is 2. The average Bonchev–Trinajstić information content (AvgIpc) is 3.56. The van der Waals surface area contributed by atoms with Gasteiger partial charge in [-0.2, -0.15) is 0 Å². The average molecular weight is 1150 g/mol. The molecule has 0 spiro atoms. The maximum Gasteiger partial charge on any atom is 0.407 e. The Morgan fingerprint density at radius 2 is 1.18 bits per heavy atom. The van der Waals surface area contributed by atoms with E-state index in [1.165, 1.54) is 72.8 Å². The van der Waals surface area contributed by atoms with Crippen LogP contribution in [0.1, 0.15) is 59.9 Å². The van der Waals surface area contributed by atoms with E-state index in [9.17, 15) is 45.9 Å². The second-order valence-electron chi connectivity index (χ2n) is 18.2. The molecule has 4 aromatic carbocycles. The Labute approximate surface area is 462 Å². The molecule has 0 saturated heterocycles. The van der Waals surface area contributed by atoms with Crippen molar-refractivity contribution in [3.8, 4) is 33.9 Å². The van der Waals surface area contributed by atoms with Gasteiger partial charge in [0, 0.05) is 78.0 Å². The second kappa shape index (κ2) is 30.2. The third kappa shape index (κ3) is 21.2. The normalized spacial score (nSPS) is 11.6. The summed E-state index contributed by atoms with van der Waals surface area (Å²) in [6.45, 7) is 9.37. The van der Waals surface area contributed by atoms with Gasteiger partial charge in [0.25, 0.3) is 18.3 Å². The van der Waals surface area contributed by atoms with E-state index < -0.39 is 31.7 Å². The Morgan fingerprint density at radius 3 is 1.70 bits per heavy atom. The predicted octanol–water partition coefficient (Wildman–Crippen LogP) is 5.23. The predicted molar refractivity (Wildman–Crippen MR) is 296 cm³/mol. The fourth-order valence-corrected chi connectivity index (χ4v) is 8.66. The van der Waals surface area contributed by atoms with E-state index in [1.54, 1.807) is 39.0 Å². The molecule has 1 aliphatic carbocycles. The van der Waals surface area contributed by atoms with Crippen molar-refractivity contribution >= 4 is 72.5 Å². The van der Waals surface area contributed by atoms with Crippen molar-refractivity contribution in [2.45, 2.75) is 55.4 Å². The van der Waals surface area contributed by atoms with Crippen LogP contribution in [0, 0.1) is 0 Å². The number of sulfonamides is 2. The summed E-state index contributed by atoms with van der Waals surface area (Å²) in [6.07, 6.45) is 1.33. The number of primary sulfonamides is 2. The number of phenols is 1. The van der Waals surface area contributed by atoms with E-state index in [-0.39, 0.29) is 52.5 Å². The van der Waals surface area contributed by atoms with Gasteiger partial charge < -0.3 is 53.9 Å². The van der Waals surface area contributed by atoms with E-state index in [2.05, 4.69) is 16.0 Å². The molecule has 22 nitrogen and oxygen atoms in total. The van der Waals surface area contributed by atoms with Gasteiger partial charge in [-0.25, -0.2) is 31.9 Å². The summed E-state index contributed by atoms with van der Waals surface area (Å²) in [4.78, 5) is 59.8. The van der Waals surface area contributed by atoms with Crippen molar-refractivity contribution < 1.29 is 74.0 Å². The molecular weight excluding hydrogens is 1090 g/mol. The van der Waals surface area contributed by atoms with Gasteiger partial charge >= 0.3 is 6.09 Å². The number of aromatic hydroxyl groups is 1. The highest BCUT2D eigenvalue weighted by molar-refractivity contribution is 7.89. The first kappa shape index (κ1) is 62.6. The first-order chi connectivity index (χ1) is 37.5. The van der Waals surface area contributed by atoms with Crippen molar-refractivity contribution in [2.24, 2.45) is 10.3 Å². The molecular formula is C54H63N5O17S3. The lowest BCUT2D eigenvalue weighted by molar-refractivity contribution is -0.120. The van der Waals surface area contributed by atoms with Gasteiger partial charge in [0.05, 0.1) is 56.0 Å². The summed E-state index contributed by atoms with van der Waals surface area (Å²) in [5.74, 6) is -0.0528. The number of nitrogens with one attached hydrogen (secondary N) is 3. The number of fused-ring (bicyclic) bond motifs is 2. The first-order valence-electron chi connectivity index (χ1n) is 24.6. The second-order valence-corrected chi connectivity index (χ2v) is 21.9. The number of hydrogen-bond donors (Lipinski definition) is 6. The van der Waals surface area contributed by atoms with Crippen molar-refractivity contribution in [1.29, 1.82) is 0 Å². The molecule has 0 bridgehead atoms. The minimum absolute atomic E-state index is 0.00645. The smallest absolute Gasteiger partial charge is 0.407 e. The quantitative estimate of drug-likeness (QED) is 0.0158. The molecule has 0 aromatic heterocycles. The molecule has 1 heterocycles. The number of thiocarbonyl (C=S) groups is 1. The molecule has 0 radical (unpaired) electrons. The number of hydrogen-bond acceptors (Lipinski definition) is 18. The molecule has 2 aliphatic rings. The Balaban J connectivity index is 0.000000338. The van der Waals surface area contributed by atoms with Crippen LogP contribution in [-0.4, -0.2) is 129 Å². The van der Waals surface area contributed by atoms with E-state index >= 15 is 0 Å². The van der Waals surface area contributed by atoms with Crippen LogP contribution in [0.5, 0.6) is 11.5 Å². The number of phenolic OH excluding ortho intramolecular Hbond substituents is 1. The zero-order valence-electron chi connectivity index (χ0n) is 43.7. The number of alkyl carbamates (subject to hydrolysis) is 1. The molecule has 6 rings (SSSR count). The monoisotopic (exact) mass is 1150 g/mol. The first-order valence-corrected chi connectivity index (χ1v) is 28.1. The van der Waals surface area contributed by atoms with E-state index in [0.29, 0.717) is 129 Å². The molecule has 0 fully saturated rings. The van der Waals surface area contributed by atoms with Crippen LogP contribution < -0.4 is 36.4 Å². The number of rotatable bonds is 28. The van der Waals surface area contributed by atoms with E-state index in [4.69, 9.17) is 55.3 Å². The lowest BCUT2D eigenvalue weighted by Gasteiger charge is -2.19. The fourth-order valence-electron chi connectivity index (χ4n) is 7.32. The summed E-state index contributed by atoms with van der Waals surface area (Å²) >= 11 is 5.63. The van der Waals surface area contributed by atoms with Crippen LogP contribution in [0.25, 0.3) is 33.4 Å². The van der Waals surface area contributed by atoms with E-state index in [0.717, 1.165) is 10.4 Å². The molecule has 4 aromatic rings. The molecule has 0 unspecified atom stereocenters. The van der Waals surface area contributed by atoms with Gasteiger partial charge in [-0.3, -0.25) is 19.2 Å². The van der Waals surface area contributed by atoms with Gasteiger partial charge in [0.15, 0.2) is 5.43 Å². The fraction of sp³-hybridized carbons (Fsp3) is 0.333. The van der Waals surface area contributed by atoms with Gasteiger partial charge in [0.2, 0.25) is 20.0 Å².